The zero-order valence-corrected chi connectivity index (χ0v) is 12.1. The van der Waals surface area contributed by atoms with E-state index in [0.717, 1.165) is 14.9 Å². The molecule has 0 atom stereocenters. The van der Waals surface area contributed by atoms with Gasteiger partial charge in [-0.1, -0.05) is 28.1 Å². The molecule has 2 amide bonds. The van der Waals surface area contributed by atoms with Gasteiger partial charge < -0.3 is 0 Å². The first-order valence-corrected chi connectivity index (χ1v) is 6.92. The number of rotatable bonds is 1. The van der Waals surface area contributed by atoms with E-state index in [2.05, 4.69) is 26.1 Å². The molecule has 4 rings (SSSR count). The van der Waals surface area contributed by atoms with Crippen LogP contribution in [0.5, 0.6) is 0 Å². The van der Waals surface area contributed by atoms with Crippen molar-refractivity contribution in [2.75, 3.05) is 5.01 Å². The van der Waals surface area contributed by atoms with E-state index in [1.807, 2.05) is 6.07 Å². The molecule has 0 aliphatic carbocycles. The maximum Gasteiger partial charge on any atom is 0.280 e. The highest BCUT2D eigenvalue weighted by Gasteiger charge is 2.34. The van der Waals surface area contributed by atoms with E-state index in [4.69, 9.17) is 0 Å². The minimum Gasteiger partial charge on any atom is -0.267 e. The molecule has 2 aromatic carbocycles. The van der Waals surface area contributed by atoms with Crippen LogP contribution in [0.4, 0.5) is 0 Å². The van der Waals surface area contributed by atoms with E-state index < -0.39 is 11.8 Å². The second kappa shape index (κ2) is 4.23. The number of nitrogens with zero attached hydrogens (tertiary/aromatic N) is 4. The summed E-state index contributed by atoms with van der Waals surface area (Å²) in [6, 6.07) is 8.90. The average molecular weight is 343 g/mol. The van der Waals surface area contributed by atoms with Crippen molar-refractivity contribution in [3.8, 4) is 0 Å². The van der Waals surface area contributed by atoms with E-state index >= 15 is 0 Å². The lowest BCUT2D eigenvalue weighted by Gasteiger charge is -2.26. The third-order valence-electron chi connectivity index (χ3n) is 3.47. The lowest BCUT2D eigenvalue weighted by atomic mass is 9.95. The lowest BCUT2D eigenvalue weighted by Crippen LogP contribution is -2.47. The zero-order chi connectivity index (χ0) is 14.6. The molecule has 0 saturated carbocycles. The Morgan fingerprint density at radius 2 is 1.57 bits per heavy atom. The molecule has 0 fully saturated rings. The summed E-state index contributed by atoms with van der Waals surface area (Å²) in [5, 5.41) is 9.84. The Labute approximate surface area is 127 Å². The van der Waals surface area contributed by atoms with Gasteiger partial charge in [0.15, 0.2) is 0 Å². The van der Waals surface area contributed by atoms with Crippen molar-refractivity contribution in [2.24, 2.45) is 0 Å². The topological polar surface area (TPSA) is 68.1 Å². The predicted octanol–water partition coefficient (Wildman–Crippen LogP) is 2.13. The first-order chi connectivity index (χ1) is 10.2. The van der Waals surface area contributed by atoms with Gasteiger partial charge in [-0.3, -0.25) is 9.59 Å². The Bertz CT molecular complexity index is 882. The standard InChI is InChI=1S/C14H7BrN4O2/c15-11-5-4-10-12-8(11)2-1-3-9(12)13(20)19(14(10)21)18-6-16-17-7-18/h1-7H. The van der Waals surface area contributed by atoms with Crippen LogP contribution in [0.1, 0.15) is 20.7 Å². The number of halogens is 1. The summed E-state index contributed by atoms with van der Waals surface area (Å²) < 4.78 is 2.13. The van der Waals surface area contributed by atoms with Gasteiger partial charge in [0.2, 0.25) is 0 Å². The van der Waals surface area contributed by atoms with Crippen LogP contribution >= 0.6 is 15.9 Å². The molecule has 0 saturated heterocycles. The van der Waals surface area contributed by atoms with Gasteiger partial charge in [0.05, 0.1) is 11.1 Å². The molecule has 21 heavy (non-hydrogen) atoms. The highest BCUT2D eigenvalue weighted by atomic mass is 79.9. The Morgan fingerprint density at radius 3 is 2.29 bits per heavy atom. The molecular formula is C14H7BrN4O2. The van der Waals surface area contributed by atoms with Gasteiger partial charge in [-0.25, -0.2) is 4.68 Å². The number of aromatic nitrogens is 3. The summed E-state index contributed by atoms with van der Waals surface area (Å²) >= 11 is 3.45. The summed E-state index contributed by atoms with van der Waals surface area (Å²) in [7, 11) is 0. The van der Waals surface area contributed by atoms with Crippen LogP contribution in [-0.4, -0.2) is 26.7 Å². The van der Waals surface area contributed by atoms with Crippen molar-refractivity contribution >= 4 is 38.5 Å². The number of amides is 2. The third kappa shape index (κ3) is 1.58. The number of hydrogen-bond acceptors (Lipinski definition) is 4. The largest absolute Gasteiger partial charge is 0.280 e. The molecule has 2 heterocycles. The first kappa shape index (κ1) is 12.2. The van der Waals surface area contributed by atoms with E-state index in [1.54, 1.807) is 24.3 Å². The van der Waals surface area contributed by atoms with E-state index in [9.17, 15) is 9.59 Å². The Morgan fingerprint density at radius 1 is 0.905 bits per heavy atom. The van der Waals surface area contributed by atoms with Crippen molar-refractivity contribution in [3.63, 3.8) is 0 Å². The molecule has 0 unspecified atom stereocenters. The molecular weight excluding hydrogens is 336 g/mol. The van der Waals surface area contributed by atoms with Gasteiger partial charge in [-0.15, -0.1) is 10.2 Å². The van der Waals surface area contributed by atoms with Gasteiger partial charge in [0, 0.05) is 9.86 Å². The molecule has 0 spiro atoms. The van der Waals surface area contributed by atoms with Crippen LogP contribution in [0.15, 0.2) is 47.5 Å². The highest BCUT2D eigenvalue weighted by molar-refractivity contribution is 9.10. The fraction of sp³-hybridized carbons (Fsp3) is 0. The van der Waals surface area contributed by atoms with Crippen molar-refractivity contribution in [2.45, 2.75) is 0 Å². The average Bonchev–Trinajstić information content (AvgIpc) is 3.00. The SMILES string of the molecule is O=C1c2cccc3c(Br)ccc(c23)C(=O)N1n1cnnc1. The van der Waals surface area contributed by atoms with Crippen LogP contribution in [0.3, 0.4) is 0 Å². The lowest BCUT2D eigenvalue weighted by molar-refractivity contribution is 0.0852. The number of imide groups is 1. The quantitative estimate of drug-likeness (QED) is 0.635. The van der Waals surface area contributed by atoms with E-state index in [1.165, 1.54) is 17.3 Å². The molecule has 1 aliphatic rings. The monoisotopic (exact) mass is 342 g/mol. The Hall–Kier alpha value is -2.54. The Balaban J connectivity index is 2.07. The molecule has 1 aliphatic heterocycles. The van der Waals surface area contributed by atoms with Gasteiger partial charge in [0.1, 0.15) is 12.7 Å². The summed E-state index contributed by atoms with van der Waals surface area (Å²) in [5.74, 6) is -0.785. The van der Waals surface area contributed by atoms with Crippen molar-refractivity contribution < 1.29 is 9.59 Å². The van der Waals surface area contributed by atoms with E-state index in [0.29, 0.717) is 16.5 Å². The summed E-state index contributed by atoms with van der Waals surface area (Å²) in [5.41, 5.74) is 0.967. The number of carbonyl (C=O) groups is 2. The minimum absolute atomic E-state index is 0.393. The number of benzene rings is 2. The minimum atomic E-state index is -0.393. The number of carbonyl (C=O) groups excluding carboxylic acids is 2. The van der Waals surface area contributed by atoms with Crippen LogP contribution in [0.2, 0.25) is 0 Å². The first-order valence-electron chi connectivity index (χ1n) is 6.13. The second-order valence-electron chi connectivity index (χ2n) is 4.59. The molecule has 7 heteroatoms. The van der Waals surface area contributed by atoms with Crippen LogP contribution in [0, 0.1) is 0 Å². The van der Waals surface area contributed by atoms with Gasteiger partial charge in [-0.2, -0.15) is 5.01 Å². The van der Waals surface area contributed by atoms with E-state index in [-0.39, 0.29) is 0 Å². The fourth-order valence-electron chi connectivity index (χ4n) is 2.56. The molecule has 0 N–H and O–H groups in total. The fourth-order valence-corrected chi connectivity index (χ4v) is 3.02. The van der Waals surface area contributed by atoms with Gasteiger partial charge in [0.25, 0.3) is 11.8 Å². The van der Waals surface area contributed by atoms with Crippen molar-refractivity contribution in [3.05, 3.63) is 58.6 Å². The normalized spacial score (nSPS) is 14.0. The van der Waals surface area contributed by atoms with Gasteiger partial charge in [-0.05, 0) is 23.6 Å². The van der Waals surface area contributed by atoms with Crippen LogP contribution in [0.25, 0.3) is 10.8 Å². The maximum absolute atomic E-state index is 12.6. The molecule has 102 valence electrons. The molecule has 1 aromatic heterocycles. The van der Waals surface area contributed by atoms with Crippen LogP contribution < -0.4 is 5.01 Å². The summed E-state index contributed by atoms with van der Waals surface area (Å²) in [4.78, 5) is 25.3. The summed E-state index contributed by atoms with van der Waals surface area (Å²) in [6.45, 7) is 0. The molecule has 6 nitrogen and oxygen atoms in total. The molecule has 0 radical (unpaired) electrons. The van der Waals surface area contributed by atoms with Crippen molar-refractivity contribution in [1.82, 2.24) is 14.9 Å². The highest BCUT2D eigenvalue weighted by Crippen LogP contribution is 2.33. The maximum atomic E-state index is 12.6. The predicted molar refractivity (Wildman–Crippen MR) is 78.5 cm³/mol. The summed E-state index contributed by atoms with van der Waals surface area (Å²) in [6.07, 6.45) is 2.64. The third-order valence-corrected chi connectivity index (χ3v) is 4.16. The molecule has 0 bridgehead atoms. The zero-order valence-electron chi connectivity index (χ0n) is 10.5. The number of hydrogen-bond donors (Lipinski definition) is 0. The Kier molecular flexibility index (Phi) is 2.46. The molecule has 3 aromatic rings. The van der Waals surface area contributed by atoms with Crippen LogP contribution in [-0.2, 0) is 0 Å². The van der Waals surface area contributed by atoms with Gasteiger partial charge >= 0.3 is 0 Å². The second-order valence-corrected chi connectivity index (χ2v) is 5.44. The van der Waals surface area contributed by atoms with Crippen molar-refractivity contribution in [1.29, 1.82) is 0 Å². The smallest absolute Gasteiger partial charge is 0.267 e.